The summed E-state index contributed by atoms with van der Waals surface area (Å²) in [5.41, 5.74) is 6.43. The summed E-state index contributed by atoms with van der Waals surface area (Å²) in [5.74, 6) is 0. The Morgan fingerprint density at radius 1 is 0.750 bits per heavy atom. The number of hydrogen-bond donors (Lipinski definition) is 2. The van der Waals surface area contributed by atoms with Crippen LogP contribution in [0.3, 0.4) is 0 Å². The van der Waals surface area contributed by atoms with Gasteiger partial charge in [-0.1, -0.05) is 45.9 Å². The fraction of sp³-hybridized carbons (Fsp3) is 0.381. The first-order chi connectivity index (χ1) is 11.5. The zero-order chi connectivity index (χ0) is 18.7. The van der Waals surface area contributed by atoms with Gasteiger partial charge in [-0.2, -0.15) is 0 Å². The van der Waals surface area contributed by atoms with Crippen LogP contribution in [0.5, 0.6) is 0 Å². The van der Waals surface area contributed by atoms with Crippen LogP contribution < -0.4 is 10.6 Å². The molecule has 0 heterocycles. The molecule has 0 unspecified atom stereocenters. The molecule has 0 atom stereocenters. The minimum Gasteiger partial charge on any atom is -0.308 e. The molecule has 0 aliphatic rings. The molecular formula is C21H32N2O. The summed E-state index contributed by atoms with van der Waals surface area (Å²) in [6, 6.07) is 11.2. The van der Waals surface area contributed by atoms with Crippen LogP contribution >= 0.6 is 0 Å². The van der Waals surface area contributed by atoms with E-state index in [2.05, 4.69) is 31.4 Å². The first-order valence-electron chi connectivity index (χ1n) is 8.69. The lowest BCUT2D eigenvalue weighted by Crippen LogP contribution is -2.20. The van der Waals surface area contributed by atoms with Crippen molar-refractivity contribution in [1.29, 1.82) is 0 Å². The maximum absolute atomic E-state index is 12.0. The summed E-state index contributed by atoms with van der Waals surface area (Å²) in [6.07, 6.45) is 0. The number of nitrogens with one attached hydrogen (secondary N) is 2. The predicted molar refractivity (Wildman–Crippen MR) is 107 cm³/mol. The maximum Gasteiger partial charge on any atom is 0.323 e. The first-order valence-corrected chi connectivity index (χ1v) is 8.69. The van der Waals surface area contributed by atoms with Gasteiger partial charge in [0.25, 0.3) is 0 Å². The highest BCUT2D eigenvalue weighted by Crippen LogP contribution is 2.25. The molecule has 2 amide bonds. The Labute approximate surface area is 147 Å². The van der Waals surface area contributed by atoms with Crippen molar-refractivity contribution in [3.8, 4) is 0 Å². The summed E-state index contributed by atoms with van der Waals surface area (Å²) in [6.45, 7) is 16.3. The second kappa shape index (κ2) is 11.3. The number of rotatable bonds is 2. The monoisotopic (exact) mass is 328 g/mol. The lowest BCUT2D eigenvalue weighted by atomic mass is 9.98. The van der Waals surface area contributed by atoms with Crippen molar-refractivity contribution in [3.05, 3.63) is 58.7 Å². The molecule has 24 heavy (non-hydrogen) atoms. The van der Waals surface area contributed by atoms with Gasteiger partial charge in [0, 0.05) is 11.4 Å². The topological polar surface area (TPSA) is 41.1 Å². The van der Waals surface area contributed by atoms with Gasteiger partial charge in [0.05, 0.1) is 0 Å². The van der Waals surface area contributed by atoms with Gasteiger partial charge >= 0.3 is 6.03 Å². The van der Waals surface area contributed by atoms with Crippen LogP contribution in [0.1, 0.15) is 49.9 Å². The number of hydrogen-bond acceptors (Lipinski definition) is 1. The third kappa shape index (κ3) is 6.07. The molecule has 0 fully saturated rings. The normalized spacial score (nSPS) is 9.00. The van der Waals surface area contributed by atoms with Crippen LogP contribution in [-0.2, 0) is 0 Å². The van der Waals surface area contributed by atoms with Gasteiger partial charge in [-0.3, -0.25) is 0 Å². The van der Waals surface area contributed by atoms with Gasteiger partial charge in [-0.15, -0.1) is 0 Å². The van der Waals surface area contributed by atoms with Gasteiger partial charge < -0.3 is 10.6 Å². The van der Waals surface area contributed by atoms with E-state index in [1.807, 2.05) is 71.0 Å². The summed E-state index contributed by atoms with van der Waals surface area (Å²) in [4.78, 5) is 12.0. The van der Waals surface area contributed by atoms with Gasteiger partial charge in [-0.25, -0.2) is 4.79 Å². The van der Waals surface area contributed by atoms with Crippen molar-refractivity contribution in [3.63, 3.8) is 0 Å². The lowest BCUT2D eigenvalue weighted by molar-refractivity contribution is 0.262. The van der Waals surface area contributed by atoms with E-state index in [1.165, 1.54) is 16.7 Å². The number of urea groups is 1. The molecule has 0 aliphatic carbocycles. The van der Waals surface area contributed by atoms with Crippen molar-refractivity contribution in [2.24, 2.45) is 0 Å². The molecule has 0 saturated heterocycles. The van der Waals surface area contributed by atoms with Crippen LogP contribution in [0.2, 0.25) is 0 Å². The van der Waals surface area contributed by atoms with E-state index < -0.39 is 0 Å². The van der Waals surface area contributed by atoms with E-state index in [9.17, 15) is 4.79 Å². The average Bonchev–Trinajstić information content (AvgIpc) is 2.62. The lowest BCUT2D eigenvalue weighted by Gasteiger charge is -2.15. The zero-order valence-electron chi connectivity index (χ0n) is 16.4. The van der Waals surface area contributed by atoms with Crippen LogP contribution in [0, 0.1) is 27.7 Å². The van der Waals surface area contributed by atoms with Crippen LogP contribution in [-0.4, -0.2) is 6.03 Å². The minimum atomic E-state index is -0.220. The van der Waals surface area contributed by atoms with Crippen molar-refractivity contribution < 1.29 is 4.79 Å². The molecule has 2 rings (SSSR count). The summed E-state index contributed by atoms with van der Waals surface area (Å²) in [5, 5.41) is 5.74. The Morgan fingerprint density at radius 3 is 1.83 bits per heavy atom. The van der Waals surface area contributed by atoms with Gasteiger partial charge in [0.15, 0.2) is 0 Å². The van der Waals surface area contributed by atoms with E-state index in [-0.39, 0.29) is 6.03 Å². The summed E-state index contributed by atoms with van der Waals surface area (Å²) >= 11 is 0. The highest BCUT2D eigenvalue weighted by Gasteiger charge is 2.09. The quantitative estimate of drug-likeness (QED) is 0.639. The number of carbonyl (C=O) groups is 1. The largest absolute Gasteiger partial charge is 0.323 e. The van der Waals surface area contributed by atoms with Crippen molar-refractivity contribution >= 4 is 17.4 Å². The second-order valence-corrected chi connectivity index (χ2v) is 5.06. The number of para-hydroxylation sites is 1. The molecule has 0 aromatic heterocycles. The molecule has 132 valence electrons. The third-order valence-corrected chi connectivity index (χ3v) is 3.76. The SMILES string of the molecule is CC.CC.Cc1cc(NC(=O)Nc2ccccc2)c(C)c(C)c1C. The predicted octanol–water partition coefficient (Wildman–Crippen LogP) is 6.62. The number of amides is 2. The molecule has 0 aliphatic heterocycles. The van der Waals surface area contributed by atoms with Crippen molar-refractivity contribution in [2.45, 2.75) is 55.4 Å². The zero-order valence-corrected chi connectivity index (χ0v) is 16.4. The molecule has 2 aromatic carbocycles. The second-order valence-electron chi connectivity index (χ2n) is 5.06. The number of carbonyl (C=O) groups excluding carboxylic acids is 1. The summed E-state index contributed by atoms with van der Waals surface area (Å²) in [7, 11) is 0. The molecule has 3 heteroatoms. The van der Waals surface area contributed by atoms with Gasteiger partial charge in [0.1, 0.15) is 0 Å². The van der Waals surface area contributed by atoms with E-state index in [1.54, 1.807) is 0 Å². The van der Waals surface area contributed by atoms with Crippen LogP contribution in [0.4, 0.5) is 16.2 Å². The van der Waals surface area contributed by atoms with E-state index >= 15 is 0 Å². The van der Waals surface area contributed by atoms with E-state index in [0.29, 0.717) is 0 Å². The van der Waals surface area contributed by atoms with E-state index in [4.69, 9.17) is 0 Å². The van der Waals surface area contributed by atoms with Gasteiger partial charge in [-0.05, 0) is 68.1 Å². The Kier molecular flexibility index (Phi) is 10.2. The number of benzene rings is 2. The molecule has 0 spiro atoms. The van der Waals surface area contributed by atoms with Gasteiger partial charge in [0.2, 0.25) is 0 Å². The average molecular weight is 329 g/mol. The van der Waals surface area contributed by atoms with Crippen LogP contribution in [0.15, 0.2) is 36.4 Å². The Hall–Kier alpha value is -2.29. The molecule has 2 aromatic rings. The fourth-order valence-electron chi connectivity index (χ4n) is 2.15. The first kappa shape index (κ1) is 21.7. The molecule has 0 bridgehead atoms. The molecular weight excluding hydrogens is 296 g/mol. The van der Waals surface area contributed by atoms with Crippen molar-refractivity contribution in [1.82, 2.24) is 0 Å². The fourth-order valence-corrected chi connectivity index (χ4v) is 2.15. The van der Waals surface area contributed by atoms with Crippen molar-refractivity contribution in [2.75, 3.05) is 10.6 Å². The molecule has 2 N–H and O–H groups in total. The maximum atomic E-state index is 12.0. The molecule has 3 nitrogen and oxygen atoms in total. The standard InChI is InChI=1S/C17H20N2O.2C2H6/c1-11-10-16(14(4)13(3)12(11)2)19-17(20)18-15-8-6-5-7-9-15;2*1-2/h5-10H,1-4H3,(H2,18,19,20);2*1-2H3. The number of anilines is 2. The number of aryl methyl sites for hydroxylation is 1. The molecule has 0 radical (unpaired) electrons. The smallest absolute Gasteiger partial charge is 0.308 e. The Morgan fingerprint density at radius 2 is 1.29 bits per heavy atom. The Bertz CT molecular complexity index is 634. The van der Waals surface area contributed by atoms with Crippen LogP contribution in [0.25, 0.3) is 0 Å². The highest BCUT2D eigenvalue weighted by atomic mass is 16.2. The molecule has 0 saturated carbocycles. The minimum absolute atomic E-state index is 0.220. The highest BCUT2D eigenvalue weighted by molar-refractivity contribution is 6.00. The summed E-state index contributed by atoms with van der Waals surface area (Å²) < 4.78 is 0. The van der Waals surface area contributed by atoms with E-state index in [0.717, 1.165) is 16.9 Å². The third-order valence-electron chi connectivity index (χ3n) is 3.76. The Balaban J connectivity index is 0.00000123.